The molecule has 138 valence electrons. The Kier molecular flexibility index (Phi) is 7.73. The van der Waals surface area contributed by atoms with E-state index in [1.165, 1.54) is 0 Å². The van der Waals surface area contributed by atoms with Gasteiger partial charge in [0.1, 0.15) is 0 Å². The number of rotatable bonds is 7. The zero-order valence-electron chi connectivity index (χ0n) is 15.2. The van der Waals surface area contributed by atoms with E-state index in [9.17, 15) is 9.59 Å². The molecule has 1 aliphatic heterocycles. The summed E-state index contributed by atoms with van der Waals surface area (Å²) in [7, 11) is 1.59. The number of ether oxygens (including phenoxy) is 1. The van der Waals surface area contributed by atoms with Crippen LogP contribution in [0.1, 0.15) is 31.2 Å². The van der Waals surface area contributed by atoms with Crippen LogP contribution in [0.3, 0.4) is 0 Å². The van der Waals surface area contributed by atoms with Crippen LogP contribution in [-0.4, -0.2) is 50.2 Å². The van der Waals surface area contributed by atoms with Crippen LogP contribution in [-0.2, 0) is 9.53 Å². The molecule has 1 aromatic carbocycles. The molecule has 1 heterocycles. The molecule has 0 aliphatic carbocycles. The van der Waals surface area contributed by atoms with E-state index in [0.29, 0.717) is 25.5 Å². The van der Waals surface area contributed by atoms with E-state index >= 15 is 0 Å². The molecule has 0 spiro atoms. The fourth-order valence-electron chi connectivity index (χ4n) is 3.03. The summed E-state index contributed by atoms with van der Waals surface area (Å²) >= 11 is 0. The fourth-order valence-corrected chi connectivity index (χ4v) is 3.03. The number of para-hydroxylation sites is 1. The summed E-state index contributed by atoms with van der Waals surface area (Å²) in [6.07, 6.45) is 3.34. The van der Waals surface area contributed by atoms with Crippen molar-refractivity contribution in [3.05, 3.63) is 29.8 Å². The van der Waals surface area contributed by atoms with Crippen LogP contribution < -0.4 is 10.6 Å². The zero-order valence-corrected chi connectivity index (χ0v) is 15.2. The minimum Gasteiger partial charge on any atom is -0.384 e. The number of carbonyl (C=O) groups is 2. The number of hydrogen-bond donors (Lipinski definition) is 2. The Labute approximate surface area is 149 Å². The lowest BCUT2D eigenvalue weighted by atomic mass is 9.93. The first-order valence-electron chi connectivity index (χ1n) is 8.97. The smallest absolute Gasteiger partial charge is 0.321 e. The van der Waals surface area contributed by atoms with E-state index in [0.717, 1.165) is 43.6 Å². The van der Waals surface area contributed by atoms with Crippen LogP contribution >= 0.6 is 0 Å². The number of piperidine rings is 1. The molecule has 2 N–H and O–H groups in total. The Morgan fingerprint density at radius 3 is 2.64 bits per heavy atom. The SMILES string of the molecule is COCCC(=O)NCCC1CCN(C(=O)Nc2ccccc2C)CC1. The average molecular weight is 347 g/mol. The first kappa shape index (κ1) is 19.2. The summed E-state index contributed by atoms with van der Waals surface area (Å²) in [5, 5.41) is 5.92. The molecule has 0 radical (unpaired) electrons. The lowest BCUT2D eigenvalue weighted by Crippen LogP contribution is -2.41. The maximum absolute atomic E-state index is 12.4. The van der Waals surface area contributed by atoms with Gasteiger partial charge in [-0.15, -0.1) is 0 Å². The molecule has 0 unspecified atom stereocenters. The highest BCUT2D eigenvalue weighted by Crippen LogP contribution is 2.21. The molecule has 0 saturated carbocycles. The number of likely N-dealkylation sites (tertiary alicyclic amines) is 1. The molecule has 0 aromatic heterocycles. The second kappa shape index (κ2) is 10.0. The lowest BCUT2D eigenvalue weighted by Gasteiger charge is -2.32. The van der Waals surface area contributed by atoms with Gasteiger partial charge >= 0.3 is 6.03 Å². The predicted molar refractivity (Wildman–Crippen MR) is 98.6 cm³/mol. The van der Waals surface area contributed by atoms with Crippen molar-refractivity contribution in [1.29, 1.82) is 0 Å². The van der Waals surface area contributed by atoms with Crippen molar-refractivity contribution in [2.24, 2.45) is 5.92 Å². The number of aryl methyl sites for hydroxylation is 1. The molecule has 1 saturated heterocycles. The molecular weight excluding hydrogens is 318 g/mol. The van der Waals surface area contributed by atoms with E-state index < -0.39 is 0 Å². The van der Waals surface area contributed by atoms with Crippen LogP contribution in [0.15, 0.2) is 24.3 Å². The summed E-state index contributed by atoms with van der Waals surface area (Å²) in [6.45, 7) is 4.67. The van der Waals surface area contributed by atoms with Crippen molar-refractivity contribution in [1.82, 2.24) is 10.2 Å². The third-order valence-corrected chi connectivity index (χ3v) is 4.70. The average Bonchev–Trinajstić information content (AvgIpc) is 2.62. The van der Waals surface area contributed by atoms with Crippen molar-refractivity contribution >= 4 is 17.6 Å². The lowest BCUT2D eigenvalue weighted by molar-refractivity contribution is -0.122. The third kappa shape index (κ3) is 6.38. The predicted octanol–water partition coefficient (Wildman–Crippen LogP) is 2.78. The van der Waals surface area contributed by atoms with Gasteiger partial charge in [-0.25, -0.2) is 4.79 Å². The van der Waals surface area contributed by atoms with Gasteiger partial charge in [-0.05, 0) is 43.7 Å². The monoisotopic (exact) mass is 347 g/mol. The van der Waals surface area contributed by atoms with Gasteiger partial charge in [-0.2, -0.15) is 0 Å². The molecule has 0 bridgehead atoms. The molecule has 25 heavy (non-hydrogen) atoms. The number of benzene rings is 1. The topological polar surface area (TPSA) is 70.7 Å². The van der Waals surface area contributed by atoms with Crippen LogP contribution in [0, 0.1) is 12.8 Å². The fraction of sp³-hybridized carbons (Fsp3) is 0.579. The number of carbonyl (C=O) groups excluding carboxylic acids is 2. The molecule has 2 rings (SSSR count). The summed E-state index contributed by atoms with van der Waals surface area (Å²) in [5.41, 5.74) is 1.93. The Morgan fingerprint density at radius 1 is 1.24 bits per heavy atom. The third-order valence-electron chi connectivity index (χ3n) is 4.70. The maximum Gasteiger partial charge on any atom is 0.321 e. The van der Waals surface area contributed by atoms with Crippen LogP contribution in [0.5, 0.6) is 0 Å². The zero-order chi connectivity index (χ0) is 18.1. The Morgan fingerprint density at radius 2 is 1.96 bits per heavy atom. The van der Waals surface area contributed by atoms with Crippen molar-refractivity contribution < 1.29 is 14.3 Å². The summed E-state index contributed by atoms with van der Waals surface area (Å²) in [4.78, 5) is 25.8. The van der Waals surface area contributed by atoms with E-state index in [-0.39, 0.29) is 11.9 Å². The highest BCUT2D eigenvalue weighted by atomic mass is 16.5. The quantitative estimate of drug-likeness (QED) is 0.797. The molecule has 1 fully saturated rings. The number of amides is 3. The first-order chi connectivity index (χ1) is 12.1. The maximum atomic E-state index is 12.4. The second-order valence-corrected chi connectivity index (χ2v) is 6.56. The minimum absolute atomic E-state index is 0.0272. The molecule has 6 heteroatoms. The summed E-state index contributed by atoms with van der Waals surface area (Å²) < 4.78 is 4.89. The van der Waals surface area contributed by atoms with Gasteiger partial charge in [-0.3, -0.25) is 4.79 Å². The van der Waals surface area contributed by atoms with E-state index in [1.807, 2.05) is 36.1 Å². The van der Waals surface area contributed by atoms with E-state index in [2.05, 4.69) is 10.6 Å². The number of anilines is 1. The van der Waals surface area contributed by atoms with Gasteiger partial charge in [0, 0.05) is 38.9 Å². The molecular formula is C19H29N3O3. The first-order valence-corrected chi connectivity index (χ1v) is 8.97. The van der Waals surface area contributed by atoms with Crippen LogP contribution in [0.2, 0.25) is 0 Å². The van der Waals surface area contributed by atoms with Crippen LogP contribution in [0.25, 0.3) is 0 Å². The number of urea groups is 1. The molecule has 1 aromatic rings. The highest BCUT2D eigenvalue weighted by molar-refractivity contribution is 5.90. The largest absolute Gasteiger partial charge is 0.384 e. The van der Waals surface area contributed by atoms with Gasteiger partial charge in [-0.1, -0.05) is 18.2 Å². The van der Waals surface area contributed by atoms with Gasteiger partial charge < -0.3 is 20.3 Å². The Hall–Kier alpha value is -2.08. The Bertz CT molecular complexity index is 569. The standard InChI is InChI=1S/C19H29N3O3/c1-15-5-3-4-6-17(15)21-19(24)22-12-8-16(9-13-22)7-11-20-18(23)10-14-25-2/h3-6,16H,7-14H2,1-2H3,(H,20,23)(H,21,24). The molecule has 6 nitrogen and oxygen atoms in total. The summed E-state index contributed by atoms with van der Waals surface area (Å²) in [6, 6.07) is 7.77. The van der Waals surface area contributed by atoms with Gasteiger partial charge in [0.15, 0.2) is 0 Å². The van der Waals surface area contributed by atoms with Crippen LogP contribution in [0.4, 0.5) is 10.5 Å². The number of methoxy groups -OCH3 is 1. The molecule has 3 amide bonds. The van der Waals surface area contributed by atoms with Crippen molar-refractivity contribution in [2.75, 3.05) is 38.7 Å². The normalized spacial score (nSPS) is 15.0. The molecule has 1 aliphatic rings. The van der Waals surface area contributed by atoms with Crippen molar-refractivity contribution in [3.63, 3.8) is 0 Å². The number of nitrogens with one attached hydrogen (secondary N) is 2. The van der Waals surface area contributed by atoms with Gasteiger partial charge in [0.25, 0.3) is 0 Å². The minimum atomic E-state index is -0.0272. The highest BCUT2D eigenvalue weighted by Gasteiger charge is 2.22. The van der Waals surface area contributed by atoms with Gasteiger partial charge in [0.05, 0.1) is 6.61 Å². The van der Waals surface area contributed by atoms with Crippen molar-refractivity contribution in [2.45, 2.75) is 32.6 Å². The van der Waals surface area contributed by atoms with Gasteiger partial charge in [0.2, 0.25) is 5.91 Å². The molecule has 0 atom stereocenters. The summed E-state index contributed by atoms with van der Waals surface area (Å²) in [5.74, 6) is 0.599. The van der Waals surface area contributed by atoms with E-state index in [1.54, 1.807) is 7.11 Å². The Balaban J connectivity index is 1.66. The van der Waals surface area contributed by atoms with Crippen molar-refractivity contribution in [3.8, 4) is 0 Å². The number of hydrogen-bond acceptors (Lipinski definition) is 3. The number of nitrogens with zero attached hydrogens (tertiary/aromatic N) is 1. The second-order valence-electron chi connectivity index (χ2n) is 6.56. The van der Waals surface area contributed by atoms with E-state index in [4.69, 9.17) is 4.74 Å².